The number of halogens is 1. The van der Waals surface area contributed by atoms with Gasteiger partial charge in [-0.2, -0.15) is 9.78 Å². The summed E-state index contributed by atoms with van der Waals surface area (Å²) in [5.74, 6) is -0.673. The number of morpholine rings is 1. The monoisotopic (exact) mass is 361 g/mol. The minimum atomic E-state index is -0.478. The maximum absolute atomic E-state index is 13.1. The van der Waals surface area contributed by atoms with Gasteiger partial charge in [0, 0.05) is 13.1 Å². The summed E-state index contributed by atoms with van der Waals surface area (Å²) < 4.78 is 25.0. The molecule has 1 aromatic heterocycles. The molecule has 0 aliphatic carbocycles. The fourth-order valence-electron chi connectivity index (χ4n) is 3.00. The van der Waals surface area contributed by atoms with Crippen LogP contribution in [0.15, 0.2) is 35.1 Å². The molecule has 3 rings (SSSR count). The van der Waals surface area contributed by atoms with E-state index in [2.05, 4.69) is 5.10 Å². The van der Waals surface area contributed by atoms with Crippen LogP contribution in [0.5, 0.6) is 5.75 Å². The van der Waals surface area contributed by atoms with Gasteiger partial charge in [-0.15, -0.1) is 0 Å². The van der Waals surface area contributed by atoms with Crippen LogP contribution in [0.25, 0.3) is 5.69 Å². The molecule has 0 bridgehead atoms. The first-order valence-corrected chi connectivity index (χ1v) is 8.28. The van der Waals surface area contributed by atoms with Crippen LogP contribution in [0, 0.1) is 5.82 Å². The van der Waals surface area contributed by atoms with E-state index in [0.717, 1.165) is 4.68 Å². The van der Waals surface area contributed by atoms with Gasteiger partial charge in [0.25, 0.3) is 11.5 Å². The van der Waals surface area contributed by atoms with Crippen molar-refractivity contribution in [2.24, 2.45) is 0 Å². The van der Waals surface area contributed by atoms with E-state index in [-0.39, 0.29) is 29.6 Å². The summed E-state index contributed by atoms with van der Waals surface area (Å²) in [5.41, 5.74) is -0.0942. The van der Waals surface area contributed by atoms with E-state index in [0.29, 0.717) is 18.8 Å². The number of hydrogen-bond acceptors (Lipinski definition) is 5. The van der Waals surface area contributed by atoms with Crippen LogP contribution < -0.4 is 10.3 Å². The summed E-state index contributed by atoms with van der Waals surface area (Å²) in [6, 6.07) is 6.49. The number of ether oxygens (including phenoxy) is 2. The Labute approximate surface area is 149 Å². The van der Waals surface area contributed by atoms with Crippen LogP contribution in [0.3, 0.4) is 0 Å². The zero-order chi connectivity index (χ0) is 18.8. The van der Waals surface area contributed by atoms with Crippen LogP contribution >= 0.6 is 0 Å². The zero-order valence-corrected chi connectivity index (χ0v) is 14.8. The lowest BCUT2D eigenvalue weighted by Crippen LogP contribution is -2.48. The van der Waals surface area contributed by atoms with Gasteiger partial charge in [0.15, 0.2) is 11.4 Å². The van der Waals surface area contributed by atoms with Crippen molar-refractivity contribution in [3.63, 3.8) is 0 Å². The number of hydrogen-bond donors (Lipinski definition) is 0. The standard InChI is InChI=1S/C18H20FN3O4/c1-11-9-21(10-12(2)26-11)18(24)17-15(25-3)8-16(23)22(20-17)14-6-4-13(19)5-7-14/h4-8,11-12H,9-10H2,1-3H3/t11-,12-/m1/s1. The van der Waals surface area contributed by atoms with E-state index in [1.165, 1.54) is 37.4 Å². The predicted octanol–water partition coefficient (Wildman–Crippen LogP) is 1.63. The summed E-state index contributed by atoms with van der Waals surface area (Å²) >= 11 is 0. The third kappa shape index (κ3) is 3.60. The summed E-state index contributed by atoms with van der Waals surface area (Å²) in [6.07, 6.45) is -0.201. The lowest BCUT2D eigenvalue weighted by Gasteiger charge is -2.35. The maximum atomic E-state index is 13.1. The molecule has 2 atom stereocenters. The molecule has 0 radical (unpaired) electrons. The molecule has 0 unspecified atom stereocenters. The molecular formula is C18H20FN3O4. The molecule has 1 aromatic carbocycles. The summed E-state index contributed by atoms with van der Waals surface area (Å²) in [6.45, 7) is 4.62. The van der Waals surface area contributed by atoms with Crippen LogP contribution in [0.2, 0.25) is 0 Å². The van der Waals surface area contributed by atoms with Crippen molar-refractivity contribution in [1.82, 2.24) is 14.7 Å². The van der Waals surface area contributed by atoms with Crippen molar-refractivity contribution in [3.8, 4) is 11.4 Å². The van der Waals surface area contributed by atoms with Gasteiger partial charge in [0.1, 0.15) is 5.82 Å². The van der Waals surface area contributed by atoms with Crippen LogP contribution in [0.4, 0.5) is 4.39 Å². The molecule has 1 amide bonds. The first kappa shape index (κ1) is 18.1. The van der Waals surface area contributed by atoms with Gasteiger partial charge in [0.2, 0.25) is 0 Å². The summed E-state index contributed by atoms with van der Waals surface area (Å²) in [4.78, 5) is 26.9. The Morgan fingerprint density at radius 3 is 2.42 bits per heavy atom. The molecule has 1 aliphatic heterocycles. The van der Waals surface area contributed by atoms with Gasteiger partial charge in [-0.25, -0.2) is 4.39 Å². The molecule has 26 heavy (non-hydrogen) atoms. The number of benzene rings is 1. The highest BCUT2D eigenvalue weighted by Gasteiger charge is 2.30. The lowest BCUT2D eigenvalue weighted by molar-refractivity contribution is -0.0588. The average molecular weight is 361 g/mol. The molecular weight excluding hydrogens is 341 g/mol. The molecule has 0 spiro atoms. The number of amides is 1. The molecule has 0 saturated carbocycles. The van der Waals surface area contributed by atoms with E-state index in [4.69, 9.17) is 9.47 Å². The number of aromatic nitrogens is 2. The van der Waals surface area contributed by atoms with Crippen LogP contribution in [0.1, 0.15) is 24.3 Å². The molecule has 0 N–H and O–H groups in total. The van der Waals surface area contributed by atoms with Crippen LogP contribution in [-0.2, 0) is 4.74 Å². The Hall–Kier alpha value is -2.74. The molecule has 1 saturated heterocycles. The van der Waals surface area contributed by atoms with Crippen molar-refractivity contribution < 1.29 is 18.7 Å². The molecule has 8 heteroatoms. The predicted molar refractivity (Wildman–Crippen MR) is 92.3 cm³/mol. The van der Waals surface area contributed by atoms with Gasteiger partial charge >= 0.3 is 0 Å². The highest BCUT2D eigenvalue weighted by atomic mass is 19.1. The zero-order valence-electron chi connectivity index (χ0n) is 14.8. The smallest absolute Gasteiger partial charge is 0.278 e. The SMILES string of the molecule is COc1cc(=O)n(-c2ccc(F)cc2)nc1C(=O)N1C[C@@H](C)O[C@H](C)C1. The van der Waals surface area contributed by atoms with Crippen molar-refractivity contribution in [1.29, 1.82) is 0 Å². The molecule has 2 aromatic rings. The second kappa shape index (κ2) is 7.25. The fourth-order valence-corrected chi connectivity index (χ4v) is 3.00. The van der Waals surface area contributed by atoms with Crippen molar-refractivity contribution >= 4 is 5.91 Å². The van der Waals surface area contributed by atoms with Gasteiger partial charge in [0.05, 0.1) is 31.1 Å². The minimum Gasteiger partial charge on any atom is -0.494 e. The quantitative estimate of drug-likeness (QED) is 0.831. The molecule has 2 heterocycles. The van der Waals surface area contributed by atoms with Crippen LogP contribution in [-0.4, -0.2) is 53.0 Å². The Balaban J connectivity index is 2.02. The summed E-state index contributed by atoms with van der Waals surface area (Å²) in [5, 5.41) is 4.19. The molecule has 7 nitrogen and oxygen atoms in total. The Morgan fingerprint density at radius 1 is 1.23 bits per heavy atom. The highest BCUT2D eigenvalue weighted by Crippen LogP contribution is 2.19. The second-order valence-electron chi connectivity index (χ2n) is 6.26. The van der Waals surface area contributed by atoms with Crippen molar-refractivity contribution in [3.05, 3.63) is 52.2 Å². The van der Waals surface area contributed by atoms with Gasteiger partial charge in [-0.3, -0.25) is 9.59 Å². The molecule has 1 aliphatic rings. The average Bonchev–Trinajstić information content (AvgIpc) is 2.61. The van der Waals surface area contributed by atoms with Crippen molar-refractivity contribution in [2.75, 3.05) is 20.2 Å². The van der Waals surface area contributed by atoms with Gasteiger partial charge in [-0.05, 0) is 38.1 Å². The Morgan fingerprint density at radius 2 is 1.85 bits per heavy atom. The van der Waals surface area contributed by atoms with Crippen molar-refractivity contribution in [2.45, 2.75) is 26.1 Å². The Bertz CT molecular complexity index is 856. The van der Waals surface area contributed by atoms with E-state index >= 15 is 0 Å². The van der Waals surface area contributed by atoms with Gasteiger partial charge in [-0.1, -0.05) is 0 Å². The normalized spacial score (nSPS) is 20.1. The second-order valence-corrected chi connectivity index (χ2v) is 6.26. The molecule has 138 valence electrons. The largest absolute Gasteiger partial charge is 0.494 e. The first-order valence-electron chi connectivity index (χ1n) is 8.28. The summed E-state index contributed by atoms with van der Waals surface area (Å²) in [7, 11) is 1.38. The number of nitrogens with zero attached hydrogens (tertiary/aromatic N) is 3. The highest BCUT2D eigenvalue weighted by molar-refractivity contribution is 5.95. The Kier molecular flexibility index (Phi) is 5.03. The number of carbonyl (C=O) groups is 1. The van der Waals surface area contributed by atoms with E-state index in [1.54, 1.807) is 4.90 Å². The number of methoxy groups -OCH3 is 1. The van der Waals surface area contributed by atoms with Gasteiger partial charge < -0.3 is 14.4 Å². The maximum Gasteiger partial charge on any atom is 0.278 e. The van der Waals surface area contributed by atoms with E-state index < -0.39 is 11.4 Å². The third-order valence-electron chi connectivity index (χ3n) is 4.10. The number of carbonyl (C=O) groups excluding carboxylic acids is 1. The van der Waals surface area contributed by atoms with E-state index in [1.807, 2.05) is 13.8 Å². The molecule has 1 fully saturated rings. The number of rotatable bonds is 3. The minimum absolute atomic E-state index is 0.0257. The fraction of sp³-hybridized carbons (Fsp3) is 0.389. The topological polar surface area (TPSA) is 73.7 Å². The van der Waals surface area contributed by atoms with E-state index in [9.17, 15) is 14.0 Å². The third-order valence-corrected chi connectivity index (χ3v) is 4.10. The lowest BCUT2D eigenvalue weighted by atomic mass is 10.2. The first-order chi connectivity index (χ1) is 12.4.